The second-order valence-electron chi connectivity index (χ2n) is 11.8. The van der Waals surface area contributed by atoms with Crippen LogP contribution in [0.2, 0.25) is 0 Å². The van der Waals surface area contributed by atoms with Crippen LogP contribution in [0.15, 0.2) is 0 Å². The minimum Gasteiger partial charge on any atom is -0.813 e. The second kappa shape index (κ2) is 31.2. The van der Waals surface area contributed by atoms with Crippen LogP contribution < -0.4 is 0 Å². The van der Waals surface area contributed by atoms with Crippen LogP contribution in [0.3, 0.4) is 0 Å². The van der Waals surface area contributed by atoms with Crippen LogP contribution in [0.25, 0.3) is 0 Å². The van der Waals surface area contributed by atoms with E-state index in [1.165, 1.54) is 23.7 Å². The predicted octanol–water partition coefficient (Wildman–Crippen LogP) is 7.01. The van der Waals surface area contributed by atoms with Gasteiger partial charge in [0.1, 0.15) is 0 Å². The molecule has 2 saturated carbocycles. The molecule has 2 rings (SSSR count). The minimum atomic E-state index is 0. The van der Waals surface area contributed by atoms with Crippen LogP contribution in [-0.2, 0) is 111 Å². The molecule has 2 fully saturated rings. The molecule has 0 aliphatic heterocycles. The van der Waals surface area contributed by atoms with E-state index in [0.29, 0.717) is 0 Å². The zero-order valence-corrected chi connectivity index (χ0v) is 32.7. The fourth-order valence-electron chi connectivity index (χ4n) is 2.75. The molecule has 39 heavy (non-hydrogen) atoms. The third-order valence-electron chi connectivity index (χ3n) is 4.97. The minimum absolute atomic E-state index is 0. The van der Waals surface area contributed by atoms with Gasteiger partial charge in [-0.05, 0) is 83.9 Å². The Morgan fingerprint density at radius 3 is 0.538 bits per heavy atom. The molecule has 0 aromatic heterocycles. The summed E-state index contributed by atoms with van der Waals surface area (Å²) in [5, 5.41) is 0. The van der Waals surface area contributed by atoms with Gasteiger partial charge in [-0.15, -0.1) is 0 Å². The van der Waals surface area contributed by atoms with Gasteiger partial charge in [0.15, 0.2) is 0 Å². The Morgan fingerprint density at radius 2 is 0.487 bits per heavy atom. The molecule has 9 heteroatoms. The van der Waals surface area contributed by atoms with Gasteiger partial charge in [0.2, 0.25) is 0 Å². The molecule has 0 N–H and O–H groups in total. The van der Waals surface area contributed by atoms with Gasteiger partial charge >= 0.3 is 71.4 Å². The summed E-state index contributed by atoms with van der Waals surface area (Å²) in [7, 11) is 0. The first kappa shape index (κ1) is 63.9. The van der Waals surface area contributed by atoms with Gasteiger partial charge in [0, 0.05) is 39.0 Å². The van der Waals surface area contributed by atoms with E-state index in [1.54, 1.807) is 0 Å². The Morgan fingerprint density at radius 1 is 0.385 bits per heavy atom. The van der Waals surface area contributed by atoms with Crippen LogP contribution in [-0.4, -0.2) is 0 Å². The van der Waals surface area contributed by atoms with Crippen molar-refractivity contribution < 1.29 is 83.8 Å². The fraction of sp³-hybridized carbons (Fsp3) is 0.533. The summed E-state index contributed by atoms with van der Waals surface area (Å²) in [5.74, 6) is 5.77. The molecule has 12 radical (unpaired) electrons. The summed E-state index contributed by atoms with van der Waals surface area (Å²) >= 11 is 0. The molecule has 0 heterocycles. The van der Waals surface area contributed by atoms with Crippen molar-refractivity contribution in [3.63, 3.8) is 0 Å². The first-order valence-corrected chi connectivity index (χ1v) is 10.8. The maximum atomic E-state index is 7.50. The van der Waals surface area contributed by atoms with Crippen molar-refractivity contribution in [1.29, 1.82) is 0 Å². The molecule has 0 atom stereocenters. The van der Waals surface area contributed by atoms with Crippen molar-refractivity contribution in [2.24, 2.45) is 21.7 Å². The quantitative estimate of drug-likeness (QED) is 0.0867. The summed E-state index contributed by atoms with van der Waals surface area (Å²) in [6, 6.07) is 0. The molecule has 4 nitrogen and oxygen atoms in total. The van der Waals surface area contributed by atoms with E-state index in [2.05, 4.69) is 148 Å². The van der Waals surface area contributed by atoms with E-state index in [1.807, 2.05) is 0 Å². The van der Waals surface area contributed by atoms with Crippen molar-refractivity contribution in [3.05, 3.63) is 88.8 Å². The fourth-order valence-corrected chi connectivity index (χ4v) is 2.75. The third-order valence-corrected chi connectivity index (χ3v) is 4.97. The Hall–Kier alpha value is 1.79. The van der Waals surface area contributed by atoms with Crippen LogP contribution in [0, 0.1) is 110 Å². The molecule has 0 amide bonds. The molecule has 0 bridgehead atoms. The van der Waals surface area contributed by atoms with Crippen molar-refractivity contribution in [1.82, 2.24) is 0 Å². The Kier molecular flexibility index (Phi) is 51.2. The van der Waals surface area contributed by atoms with Gasteiger partial charge < -0.3 is 27.0 Å². The van der Waals surface area contributed by atoms with Gasteiger partial charge in [0.05, 0.1) is 0 Å². The first-order chi connectivity index (χ1) is 15.4. The molecule has 222 valence electrons. The van der Waals surface area contributed by atoms with E-state index in [-0.39, 0.29) is 114 Å². The van der Waals surface area contributed by atoms with Crippen LogP contribution in [0.1, 0.15) is 83.1 Å². The van der Waals surface area contributed by atoms with Crippen molar-refractivity contribution in [3.8, 4) is 0 Å². The Balaban J connectivity index is -0.0000000475. The molecule has 0 saturated heterocycles. The Bertz CT molecular complexity index is 505. The van der Waals surface area contributed by atoms with Gasteiger partial charge in [-0.25, -0.2) is 0 Å². The maximum Gasteiger partial charge on any atom is 2.00 e. The average Bonchev–Trinajstić information content (AvgIpc) is 3.44. The van der Waals surface area contributed by atoms with Crippen molar-refractivity contribution >= 4 is 27.0 Å². The molecular weight excluding hydrogens is 785 g/mol. The topological polar surface area (TPSA) is 79.6 Å². The van der Waals surface area contributed by atoms with Crippen molar-refractivity contribution in [2.75, 3.05) is 0 Å². The zero-order valence-electron chi connectivity index (χ0n) is 25.2. The van der Waals surface area contributed by atoms with E-state index in [9.17, 15) is 0 Å². The number of rotatable bonds is 0. The molecular formula is C30H44O4Rh2S2Zr. The molecule has 2 aliphatic carbocycles. The van der Waals surface area contributed by atoms with Gasteiger partial charge in [-0.3, -0.25) is 0 Å². The summed E-state index contributed by atoms with van der Waals surface area (Å²) in [6.07, 6.45) is 13.7. The van der Waals surface area contributed by atoms with Crippen molar-refractivity contribution in [2.45, 2.75) is 83.1 Å². The zero-order chi connectivity index (χ0) is 28.6. The summed E-state index contributed by atoms with van der Waals surface area (Å²) < 4.78 is 30.0. The van der Waals surface area contributed by atoms with E-state index in [4.69, 9.17) is 18.6 Å². The van der Waals surface area contributed by atoms with Gasteiger partial charge in [0.25, 0.3) is 0 Å². The average molecular weight is 830 g/mol. The molecule has 0 aromatic carbocycles. The van der Waals surface area contributed by atoms with Crippen LogP contribution in [0.4, 0.5) is 0 Å². The number of hydrogen-bond acceptors (Lipinski definition) is 2. The normalized spacial score (nSPS) is 15.3. The van der Waals surface area contributed by atoms with E-state index >= 15 is 0 Å². The molecule has 0 aromatic rings. The van der Waals surface area contributed by atoms with Gasteiger partial charge in [-0.1, -0.05) is 83.1 Å². The second-order valence-corrected chi connectivity index (χ2v) is 11.8. The summed E-state index contributed by atoms with van der Waals surface area (Å²) in [5.41, 5.74) is 1.12. The third kappa shape index (κ3) is 29.6. The van der Waals surface area contributed by atoms with Gasteiger partial charge in [-0.2, -0.15) is 0 Å². The molecule has 2 aliphatic rings. The number of hydrogen-bond donors (Lipinski definition) is 0. The SMILES string of the molecule is CC(C)(C)[C]1[CH][CH][C](C(C)(C)C)[CH]1.CC(C)(C)[C]1[CH][CH][C](C(C)(C)C)[CH]1.[C-]#[O+].[C-]#[O+].[C-]#[O+].[C-]#[O+].[Rh].[Rh].[SH-].[SH-].[Zr+2]. The predicted molar refractivity (Wildman–Crippen MR) is 150 cm³/mol. The largest absolute Gasteiger partial charge is 2.00 e. The standard InChI is InChI=1S/2C13H21.4CO.2Rh.2H2S.Zr/c2*1-12(2,3)10-7-8-11(9-10)13(4,5)6;4*1-2;;;;;/h2*7-9H,1-6H3;;;;;;;2*1H2;/q;;;;;;;;;;+2/p-2. The van der Waals surface area contributed by atoms with E-state index < -0.39 is 0 Å². The maximum absolute atomic E-state index is 7.50. The van der Waals surface area contributed by atoms with Crippen LogP contribution in [0.5, 0.6) is 0 Å². The van der Waals surface area contributed by atoms with E-state index in [0.717, 1.165) is 0 Å². The number of thiol groups is 2. The summed E-state index contributed by atoms with van der Waals surface area (Å²) in [6.45, 7) is 45.1. The molecule has 0 spiro atoms. The smallest absolute Gasteiger partial charge is 0.813 e. The monoisotopic (exact) mass is 828 g/mol. The first-order valence-electron chi connectivity index (χ1n) is 10.8. The molecule has 0 unspecified atom stereocenters. The summed E-state index contributed by atoms with van der Waals surface area (Å²) in [4.78, 5) is 0. The van der Waals surface area contributed by atoms with Crippen LogP contribution >= 0.6 is 0 Å². The Labute approximate surface area is 301 Å².